The van der Waals surface area contributed by atoms with Gasteiger partial charge in [0.15, 0.2) is 0 Å². The number of fused-ring (bicyclic) bond motifs is 3. The predicted octanol–water partition coefficient (Wildman–Crippen LogP) is 7.06. The van der Waals surface area contributed by atoms with Gasteiger partial charge in [0.05, 0.1) is 22.8 Å². The molecule has 0 N–H and O–H groups in total. The van der Waals surface area contributed by atoms with E-state index in [2.05, 4.69) is 48.5 Å². The van der Waals surface area contributed by atoms with E-state index in [1.54, 1.807) is 0 Å². The van der Waals surface area contributed by atoms with Crippen LogP contribution in [0.4, 0.5) is 11.4 Å². The number of hydrogen-bond donors (Lipinski definition) is 0. The number of nitrogens with zero attached hydrogens (tertiary/aromatic N) is 2. The first-order valence-electron chi connectivity index (χ1n) is 9.37. The van der Waals surface area contributed by atoms with Crippen LogP contribution >= 0.6 is 0 Å². The number of rotatable bonds is 2. The maximum Gasteiger partial charge on any atom is 0.0978 e. The van der Waals surface area contributed by atoms with Crippen LogP contribution in [-0.2, 0) is 20.4 Å². The molecule has 0 atom stereocenters. The average molecular weight is 480 g/mol. The maximum atomic E-state index is 5.02. The summed E-state index contributed by atoms with van der Waals surface area (Å²) in [6.07, 6.45) is 0. The van der Waals surface area contributed by atoms with Crippen LogP contribution in [0.5, 0.6) is 0 Å². The monoisotopic (exact) mass is 479 g/mol. The molecule has 0 spiro atoms. The summed E-state index contributed by atoms with van der Waals surface area (Å²) in [4.78, 5) is 10.0. The van der Waals surface area contributed by atoms with Crippen molar-refractivity contribution in [3.8, 4) is 11.1 Å². The predicted molar refractivity (Wildman–Crippen MR) is 124 cm³/mol. The summed E-state index contributed by atoms with van der Waals surface area (Å²) in [5, 5.41) is 0. The molecule has 2 nitrogen and oxygen atoms in total. The Kier molecular flexibility index (Phi) is 6.90. The van der Waals surface area contributed by atoms with Crippen molar-refractivity contribution >= 4 is 22.8 Å². The van der Waals surface area contributed by atoms with E-state index in [-0.39, 0.29) is 27.8 Å². The number of benzene rings is 4. The molecule has 150 valence electrons. The van der Waals surface area contributed by atoms with Crippen LogP contribution in [0.15, 0.2) is 119 Å². The molecule has 0 saturated heterocycles. The molecule has 0 aliphatic heterocycles. The van der Waals surface area contributed by atoms with Crippen molar-refractivity contribution in [2.24, 2.45) is 9.98 Å². The first kappa shape index (κ1) is 21.6. The minimum Gasteiger partial charge on any atom is -0.358 e. The molecule has 0 radical (unpaired) electrons. The zero-order valence-corrected chi connectivity index (χ0v) is 18.2. The normalized spacial score (nSPS) is 14.3. The summed E-state index contributed by atoms with van der Waals surface area (Å²) in [6.45, 7) is 0. The Morgan fingerprint density at radius 3 is 1.03 bits per heavy atom. The Bertz CT molecular complexity index is 1100. The molecular formula is C27H21N2Pd-. The van der Waals surface area contributed by atoms with Gasteiger partial charge >= 0.3 is 0 Å². The van der Waals surface area contributed by atoms with Crippen LogP contribution in [0, 0.1) is 7.43 Å². The van der Waals surface area contributed by atoms with Gasteiger partial charge in [-0.15, -0.1) is 0 Å². The van der Waals surface area contributed by atoms with Gasteiger partial charge in [0.25, 0.3) is 0 Å². The molecule has 1 aliphatic rings. The fourth-order valence-electron chi connectivity index (χ4n) is 3.59. The van der Waals surface area contributed by atoms with Gasteiger partial charge in [0, 0.05) is 31.5 Å². The second-order valence-corrected chi connectivity index (χ2v) is 6.68. The van der Waals surface area contributed by atoms with Crippen LogP contribution in [0.25, 0.3) is 11.1 Å². The van der Waals surface area contributed by atoms with E-state index in [0.29, 0.717) is 0 Å². The van der Waals surface area contributed by atoms with Crippen molar-refractivity contribution in [3.63, 3.8) is 0 Å². The van der Waals surface area contributed by atoms with E-state index < -0.39 is 0 Å². The molecule has 1 aliphatic carbocycles. The molecular weight excluding hydrogens is 459 g/mol. The second kappa shape index (κ2) is 9.59. The zero-order chi connectivity index (χ0) is 18.8. The fraction of sp³-hybridized carbons (Fsp3) is 0. The minimum absolute atomic E-state index is 0. The van der Waals surface area contributed by atoms with Gasteiger partial charge in [-0.1, -0.05) is 84.9 Å². The van der Waals surface area contributed by atoms with E-state index in [1.165, 1.54) is 11.1 Å². The molecule has 0 heterocycles. The summed E-state index contributed by atoms with van der Waals surface area (Å²) in [5.74, 6) is 0. The molecule has 30 heavy (non-hydrogen) atoms. The standard InChI is InChI=1S/C26H18N2.CH3.Pd/c1-3-11-19(12-4-1)27-25-23-17-9-7-15-21(23)22-16-8-10-18-24(22)26(25)28-20-13-5-2-6-14-20;;/h1-18H;1H3;/q;-1;. The third-order valence-corrected chi connectivity index (χ3v) is 4.87. The summed E-state index contributed by atoms with van der Waals surface area (Å²) in [6, 6.07) is 37.0. The van der Waals surface area contributed by atoms with Crippen molar-refractivity contribution in [1.82, 2.24) is 0 Å². The van der Waals surface area contributed by atoms with E-state index in [4.69, 9.17) is 9.98 Å². The Morgan fingerprint density at radius 1 is 0.367 bits per heavy atom. The molecule has 4 aromatic rings. The van der Waals surface area contributed by atoms with Gasteiger partial charge in [-0.05, 0) is 35.4 Å². The molecule has 3 heteroatoms. The maximum absolute atomic E-state index is 5.02. The van der Waals surface area contributed by atoms with Gasteiger partial charge < -0.3 is 7.43 Å². The molecule has 4 aromatic carbocycles. The third-order valence-electron chi connectivity index (χ3n) is 4.87. The number of para-hydroxylation sites is 2. The number of aliphatic imine (C=N–C) groups is 2. The Morgan fingerprint density at radius 2 is 0.667 bits per heavy atom. The molecule has 0 aromatic heterocycles. The van der Waals surface area contributed by atoms with Crippen LogP contribution in [0.3, 0.4) is 0 Å². The molecule has 5 rings (SSSR count). The average Bonchev–Trinajstić information content (AvgIpc) is 2.77. The zero-order valence-electron chi connectivity index (χ0n) is 16.6. The molecule has 0 unspecified atom stereocenters. The van der Waals surface area contributed by atoms with Crippen molar-refractivity contribution in [2.45, 2.75) is 0 Å². The molecule has 0 saturated carbocycles. The first-order valence-corrected chi connectivity index (χ1v) is 9.37. The van der Waals surface area contributed by atoms with E-state index in [1.807, 2.05) is 60.7 Å². The number of hydrogen-bond acceptors (Lipinski definition) is 2. The van der Waals surface area contributed by atoms with Crippen LogP contribution in [0.1, 0.15) is 11.1 Å². The smallest absolute Gasteiger partial charge is 0.0978 e. The molecule has 0 bridgehead atoms. The summed E-state index contributed by atoms with van der Waals surface area (Å²) in [5.41, 5.74) is 8.27. The van der Waals surface area contributed by atoms with Gasteiger partial charge in [-0.25, -0.2) is 9.98 Å². The van der Waals surface area contributed by atoms with Gasteiger partial charge in [-0.2, -0.15) is 0 Å². The van der Waals surface area contributed by atoms with Crippen molar-refractivity contribution in [2.75, 3.05) is 0 Å². The summed E-state index contributed by atoms with van der Waals surface area (Å²) < 4.78 is 0. The van der Waals surface area contributed by atoms with Crippen molar-refractivity contribution in [3.05, 3.63) is 128 Å². The van der Waals surface area contributed by atoms with Gasteiger partial charge in [-0.3, -0.25) is 0 Å². The molecule has 0 fully saturated rings. The summed E-state index contributed by atoms with van der Waals surface area (Å²) in [7, 11) is 0. The summed E-state index contributed by atoms with van der Waals surface area (Å²) >= 11 is 0. The van der Waals surface area contributed by atoms with Gasteiger partial charge in [0.1, 0.15) is 0 Å². The topological polar surface area (TPSA) is 24.7 Å². The largest absolute Gasteiger partial charge is 0.358 e. The Labute approximate surface area is 191 Å². The first-order chi connectivity index (χ1) is 13.9. The van der Waals surface area contributed by atoms with E-state index in [0.717, 1.165) is 33.9 Å². The SMILES string of the molecule is [CH3-].[Pd].c1ccc(N=C2C(=Nc3ccccc3)c3ccccc3-c3ccccc32)cc1. The van der Waals surface area contributed by atoms with Gasteiger partial charge in [0.2, 0.25) is 0 Å². The van der Waals surface area contributed by atoms with E-state index >= 15 is 0 Å². The van der Waals surface area contributed by atoms with Crippen molar-refractivity contribution in [1.29, 1.82) is 0 Å². The Hall–Kier alpha value is -3.12. The minimum atomic E-state index is 0. The van der Waals surface area contributed by atoms with E-state index in [9.17, 15) is 0 Å². The second-order valence-electron chi connectivity index (χ2n) is 6.68. The van der Waals surface area contributed by atoms with Crippen molar-refractivity contribution < 1.29 is 20.4 Å². The fourth-order valence-corrected chi connectivity index (χ4v) is 3.59. The van der Waals surface area contributed by atoms with Crippen LogP contribution in [0.2, 0.25) is 0 Å². The quantitative estimate of drug-likeness (QED) is 0.217. The van der Waals surface area contributed by atoms with Crippen LogP contribution < -0.4 is 0 Å². The third kappa shape index (κ3) is 4.09. The molecule has 0 amide bonds. The van der Waals surface area contributed by atoms with Crippen LogP contribution in [-0.4, -0.2) is 11.4 Å². The Balaban J connectivity index is 0.00000128.